The van der Waals surface area contributed by atoms with Gasteiger partial charge in [0, 0.05) is 17.9 Å². The van der Waals surface area contributed by atoms with Crippen LogP contribution >= 0.6 is 15.9 Å². The lowest BCUT2D eigenvalue weighted by molar-refractivity contribution is -0.150. The Kier molecular flexibility index (Phi) is 2.09. The van der Waals surface area contributed by atoms with Crippen LogP contribution in [0.4, 0.5) is 8.78 Å². The first-order chi connectivity index (χ1) is 6.07. The molecule has 2 fully saturated rings. The third-order valence-corrected chi connectivity index (χ3v) is 3.43. The summed E-state index contributed by atoms with van der Waals surface area (Å²) in [7, 11) is 0. The number of nitrogens with zero attached hydrogens (tertiary/aromatic N) is 1. The van der Waals surface area contributed by atoms with Gasteiger partial charge in [0.1, 0.15) is 0 Å². The summed E-state index contributed by atoms with van der Waals surface area (Å²) in [4.78, 5) is 12.6. The second-order valence-electron chi connectivity index (χ2n) is 3.66. The standard InChI is InChI=1S/C8H10BrF2NO/c9-3-5-4-12(6-1-2-6)7(13)8(5,10)11/h5-6H,1-4H2. The van der Waals surface area contributed by atoms with Crippen molar-refractivity contribution in [3.63, 3.8) is 0 Å². The molecule has 2 aliphatic rings. The molecule has 1 saturated carbocycles. The van der Waals surface area contributed by atoms with Gasteiger partial charge in [-0.2, -0.15) is 8.78 Å². The number of hydrogen-bond acceptors (Lipinski definition) is 1. The van der Waals surface area contributed by atoms with Crippen LogP contribution in [0, 0.1) is 5.92 Å². The maximum absolute atomic E-state index is 13.2. The number of carbonyl (C=O) groups excluding carboxylic acids is 1. The minimum Gasteiger partial charge on any atom is -0.334 e. The van der Waals surface area contributed by atoms with Gasteiger partial charge in [-0.1, -0.05) is 15.9 Å². The van der Waals surface area contributed by atoms with Crippen molar-refractivity contribution in [3.8, 4) is 0 Å². The van der Waals surface area contributed by atoms with E-state index in [-0.39, 0.29) is 17.9 Å². The maximum atomic E-state index is 13.2. The highest BCUT2D eigenvalue weighted by Gasteiger charge is 2.58. The van der Waals surface area contributed by atoms with Gasteiger partial charge >= 0.3 is 5.92 Å². The first-order valence-electron chi connectivity index (χ1n) is 4.32. The van der Waals surface area contributed by atoms with Crippen molar-refractivity contribution in [2.75, 3.05) is 11.9 Å². The number of likely N-dealkylation sites (tertiary alicyclic amines) is 1. The van der Waals surface area contributed by atoms with Crippen LogP contribution in [0.2, 0.25) is 0 Å². The number of carbonyl (C=O) groups is 1. The Bertz CT molecular complexity index is 242. The van der Waals surface area contributed by atoms with Crippen molar-refractivity contribution in [1.82, 2.24) is 4.90 Å². The third-order valence-electron chi connectivity index (χ3n) is 2.65. The molecule has 0 N–H and O–H groups in total. The molecule has 1 heterocycles. The monoisotopic (exact) mass is 253 g/mol. The number of rotatable bonds is 2. The Balaban J connectivity index is 2.16. The minimum absolute atomic E-state index is 0.0995. The molecule has 1 aliphatic heterocycles. The largest absolute Gasteiger partial charge is 0.334 e. The van der Waals surface area contributed by atoms with Crippen molar-refractivity contribution in [1.29, 1.82) is 0 Å². The first-order valence-corrected chi connectivity index (χ1v) is 5.44. The van der Waals surface area contributed by atoms with Crippen molar-refractivity contribution in [3.05, 3.63) is 0 Å². The van der Waals surface area contributed by atoms with E-state index in [1.807, 2.05) is 0 Å². The average molecular weight is 254 g/mol. The molecule has 74 valence electrons. The van der Waals surface area contributed by atoms with Gasteiger partial charge in [-0.25, -0.2) is 0 Å². The molecule has 13 heavy (non-hydrogen) atoms. The van der Waals surface area contributed by atoms with Gasteiger partial charge in [-0.15, -0.1) is 0 Å². The van der Waals surface area contributed by atoms with Crippen molar-refractivity contribution in [2.24, 2.45) is 5.92 Å². The van der Waals surface area contributed by atoms with Crippen LogP contribution in [0.3, 0.4) is 0 Å². The number of hydrogen-bond donors (Lipinski definition) is 0. The van der Waals surface area contributed by atoms with Gasteiger partial charge in [0.25, 0.3) is 5.91 Å². The van der Waals surface area contributed by atoms with Gasteiger partial charge in [0.05, 0.1) is 5.92 Å². The summed E-state index contributed by atoms with van der Waals surface area (Å²) in [6.07, 6.45) is 1.77. The molecule has 0 aromatic heterocycles. The van der Waals surface area contributed by atoms with E-state index in [2.05, 4.69) is 15.9 Å². The summed E-state index contributed by atoms with van der Waals surface area (Å²) in [6.45, 7) is 0.210. The lowest BCUT2D eigenvalue weighted by Gasteiger charge is -2.13. The van der Waals surface area contributed by atoms with Gasteiger partial charge in [0.2, 0.25) is 0 Å². The van der Waals surface area contributed by atoms with Crippen LogP contribution < -0.4 is 0 Å². The summed E-state index contributed by atoms with van der Waals surface area (Å²) < 4.78 is 26.4. The van der Waals surface area contributed by atoms with E-state index < -0.39 is 17.7 Å². The summed E-state index contributed by atoms with van der Waals surface area (Å²) in [5.41, 5.74) is 0. The molecule has 5 heteroatoms. The lowest BCUT2D eigenvalue weighted by atomic mass is 10.1. The topological polar surface area (TPSA) is 20.3 Å². The molecule has 2 nitrogen and oxygen atoms in total. The first kappa shape index (κ1) is 9.37. The SMILES string of the molecule is O=C1N(C2CC2)CC(CBr)C1(F)F. The zero-order chi connectivity index (χ0) is 9.64. The Labute approximate surface area is 83.4 Å². The van der Waals surface area contributed by atoms with Gasteiger partial charge in [-0.05, 0) is 12.8 Å². The van der Waals surface area contributed by atoms with Gasteiger partial charge in [-0.3, -0.25) is 4.79 Å². The van der Waals surface area contributed by atoms with E-state index in [0.717, 1.165) is 12.8 Å². The van der Waals surface area contributed by atoms with E-state index in [9.17, 15) is 13.6 Å². The van der Waals surface area contributed by atoms with Gasteiger partial charge < -0.3 is 4.90 Å². The molecule has 0 bridgehead atoms. The molecule has 0 aromatic carbocycles. The second kappa shape index (κ2) is 2.90. The van der Waals surface area contributed by atoms with E-state index in [1.54, 1.807) is 0 Å². The van der Waals surface area contributed by atoms with Gasteiger partial charge in [0.15, 0.2) is 0 Å². The summed E-state index contributed by atoms with van der Waals surface area (Å²) in [6, 6.07) is 0.0995. The zero-order valence-electron chi connectivity index (χ0n) is 6.97. The van der Waals surface area contributed by atoms with Crippen LogP contribution in [0.1, 0.15) is 12.8 Å². The highest BCUT2D eigenvalue weighted by molar-refractivity contribution is 9.09. The average Bonchev–Trinajstić information content (AvgIpc) is 2.85. The lowest BCUT2D eigenvalue weighted by Crippen LogP contribution is -2.36. The fourth-order valence-corrected chi connectivity index (χ4v) is 2.26. The van der Waals surface area contributed by atoms with E-state index in [1.165, 1.54) is 4.90 Å². The molecule has 1 unspecified atom stereocenters. The van der Waals surface area contributed by atoms with E-state index in [0.29, 0.717) is 0 Å². The van der Waals surface area contributed by atoms with Crippen LogP contribution in [-0.4, -0.2) is 34.6 Å². The van der Waals surface area contributed by atoms with Crippen LogP contribution in [0.15, 0.2) is 0 Å². The number of amides is 1. The molecule has 1 aliphatic carbocycles. The number of alkyl halides is 3. The second-order valence-corrected chi connectivity index (χ2v) is 4.31. The summed E-state index contributed by atoms with van der Waals surface area (Å²) in [5, 5.41) is 0.189. The molecular formula is C8H10BrF2NO. The normalized spacial score (nSPS) is 32.7. The molecule has 0 spiro atoms. The van der Waals surface area contributed by atoms with E-state index in [4.69, 9.17) is 0 Å². The highest BCUT2D eigenvalue weighted by Crippen LogP contribution is 2.41. The quantitative estimate of drug-likeness (QED) is 0.686. The van der Waals surface area contributed by atoms with Crippen LogP contribution in [0.25, 0.3) is 0 Å². The highest BCUT2D eigenvalue weighted by atomic mass is 79.9. The predicted octanol–water partition coefficient (Wildman–Crippen LogP) is 1.64. The smallest absolute Gasteiger partial charge is 0.330 e. The molecule has 1 atom stereocenters. The Morgan fingerprint density at radius 3 is 2.54 bits per heavy atom. The molecule has 0 aromatic rings. The van der Waals surface area contributed by atoms with Crippen molar-refractivity contribution < 1.29 is 13.6 Å². The Hall–Kier alpha value is -0.190. The van der Waals surface area contributed by atoms with Crippen LogP contribution in [0.5, 0.6) is 0 Å². The molecule has 1 amide bonds. The predicted molar refractivity (Wildman–Crippen MR) is 47.0 cm³/mol. The van der Waals surface area contributed by atoms with E-state index >= 15 is 0 Å². The molecular weight excluding hydrogens is 244 g/mol. The van der Waals surface area contributed by atoms with Crippen molar-refractivity contribution in [2.45, 2.75) is 24.8 Å². The van der Waals surface area contributed by atoms with Crippen molar-refractivity contribution >= 4 is 21.8 Å². The molecule has 1 saturated heterocycles. The Morgan fingerprint density at radius 1 is 1.54 bits per heavy atom. The zero-order valence-corrected chi connectivity index (χ0v) is 8.56. The maximum Gasteiger partial charge on any atom is 0.330 e. The van der Waals surface area contributed by atoms with Crippen LogP contribution in [-0.2, 0) is 4.79 Å². The fraction of sp³-hybridized carbons (Fsp3) is 0.875. The Morgan fingerprint density at radius 2 is 2.15 bits per heavy atom. The summed E-state index contributed by atoms with van der Waals surface area (Å²) in [5.74, 6) is -4.97. The summed E-state index contributed by atoms with van der Waals surface area (Å²) >= 11 is 3.02. The molecule has 0 radical (unpaired) electrons. The molecule has 2 rings (SSSR count). The third kappa shape index (κ3) is 1.37. The fourth-order valence-electron chi connectivity index (χ4n) is 1.65. The number of halogens is 3. The minimum atomic E-state index is -3.15.